The van der Waals surface area contributed by atoms with Crippen LogP contribution in [0.3, 0.4) is 0 Å². The molecule has 0 aromatic heterocycles. The number of hydrogen-bond donors (Lipinski definition) is 1. The van der Waals surface area contributed by atoms with Crippen LogP contribution in [0.25, 0.3) is 0 Å². The minimum absolute atomic E-state index is 0.0534. The van der Waals surface area contributed by atoms with Gasteiger partial charge in [0.15, 0.2) is 5.78 Å². The minimum atomic E-state index is 0.0534. The van der Waals surface area contributed by atoms with Crippen LogP contribution in [0.5, 0.6) is 0 Å². The van der Waals surface area contributed by atoms with Crippen molar-refractivity contribution in [2.45, 2.75) is 64.5 Å². The summed E-state index contributed by atoms with van der Waals surface area (Å²) in [6, 6.07) is 6.84. The summed E-state index contributed by atoms with van der Waals surface area (Å²) in [6.45, 7) is 6.48. The van der Waals surface area contributed by atoms with E-state index in [9.17, 15) is 4.79 Å². The van der Waals surface area contributed by atoms with Gasteiger partial charge in [0.25, 0.3) is 0 Å². The van der Waals surface area contributed by atoms with E-state index < -0.39 is 0 Å². The summed E-state index contributed by atoms with van der Waals surface area (Å²) in [6.07, 6.45) is 6.88. The van der Waals surface area contributed by atoms with E-state index in [1.807, 2.05) is 6.07 Å². The standard InChI is InChI=1S/C19H28N2O/c1-3-16-7-5-6-12-21(16)18(4-2)19(22)15-8-9-17-14(13-15)10-11-20-17/h8-9,13,16,18,20H,3-7,10-12H2,1-2H3. The number of benzene rings is 1. The van der Waals surface area contributed by atoms with Crippen molar-refractivity contribution in [2.24, 2.45) is 0 Å². The number of rotatable bonds is 5. The molecule has 22 heavy (non-hydrogen) atoms. The molecule has 2 aliphatic heterocycles. The molecule has 1 aromatic carbocycles. The second-order valence-electron chi connectivity index (χ2n) is 6.63. The zero-order valence-corrected chi connectivity index (χ0v) is 13.9. The van der Waals surface area contributed by atoms with Gasteiger partial charge >= 0.3 is 0 Å². The van der Waals surface area contributed by atoms with Crippen molar-refractivity contribution in [1.82, 2.24) is 4.90 Å². The quantitative estimate of drug-likeness (QED) is 0.838. The van der Waals surface area contributed by atoms with Gasteiger partial charge < -0.3 is 5.32 Å². The minimum Gasteiger partial charge on any atom is -0.384 e. The molecule has 0 spiro atoms. The Bertz CT molecular complexity index is 540. The van der Waals surface area contributed by atoms with Gasteiger partial charge in [0.1, 0.15) is 0 Å². The molecule has 2 unspecified atom stereocenters. The Morgan fingerprint density at radius 1 is 1.36 bits per heavy atom. The van der Waals surface area contributed by atoms with Crippen LogP contribution in [-0.2, 0) is 6.42 Å². The van der Waals surface area contributed by atoms with Crippen LogP contribution in [0.1, 0.15) is 61.9 Å². The van der Waals surface area contributed by atoms with Gasteiger partial charge in [-0.1, -0.05) is 20.3 Å². The molecule has 1 saturated heterocycles. The highest BCUT2D eigenvalue weighted by Gasteiger charge is 2.31. The van der Waals surface area contributed by atoms with E-state index in [0.29, 0.717) is 11.8 Å². The van der Waals surface area contributed by atoms with Crippen LogP contribution in [0, 0.1) is 0 Å². The van der Waals surface area contributed by atoms with Crippen molar-refractivity contribution in [3.63, 3.8) is 0 Å². The normalized spacial score (nSPS) is 22.9. The number of ketones is 1. The predicted molar refractivity (Wildman–Crippen MR) is 91.7 cm³/mol. The number of piperidine rings is 1. The van der Waals surface area contributed by atoms with Gasteiger partial charge in [-0.15, -0.1) is 0 Å². The highest BCUT2D eigenvalue weighted by Crippen LogP contribution is 2.27. The number of carbonyl (C=O) groups is 1. The Hall–Kier alpha value is -1.35. The molecule has 1 fully saturated rings. The molecule has 3 heteroatoms. The molecule has 3 rings (SSSR count). The summed E-state index contributed by atoms with van der Waals surface area (Å²) < 4.78 is 0. The number of carbonyl (C=O) groups excluding carboxylic acids is 1. The number of nitrogens with zero attached hydrogens (tertiary/aromatic N) is 1. The summed E-state index contributed by atoms with van der Waals surface area (Å²) in [5.74, 6) is 0.317. The third-order valence-corrected chi connectivity index (χ3v) is 5.33. The number of anilines is 1. The average molecular weight is 300 g/mol. The lowest BCUT2D eigenvalue weighted by molar-refractivity contribution is 0.0611. The molecule has 3 nitrogen and oxygen atoms in total. The van der Waals surface area contributed by atoms with E-state index >= 15 is 0 Å². The largest absolute Gasteiger partial charge is 0.384 e. The smallest absolute Gasteiger partial charge is 0.179 e. The van der Waals surface area contributed by atoms with Gasteiger partial charge in [0.2, 0.25) is 0 Å². The molecular formula is C19H28N2O. The predicted octanol–water partition coefficient (Wildman–Crippen LogP) is 3.88. The van der Waals surface area contributed by atoms with E-state index in [1.165, 1.54) is 30.5 Å². The van der Waals surface area contributed by atoms with E-state index in [4.69, 9.17) is 0 Å². The molecule has 1 N–H and O–H groups in total. The highest BCUT2D eigenvalue weighted by molar-refractivity contribution is 6.00. The van der Waals surface area contributed by atoms with Gasteiger partial charge in [-0.05, 0) is 62.4 Å². The Morgan fingerprint density at radius 2 is 2.23 bits per heavy atom. The fourth-order valence-electron chi connectivity index (χ4n) is 4.09. The van der Waals surface area contributed by atoms with Crippen molar-refractivity contribution >= 4 is 11.5 Å². The lowest BCUT2D eigenvalue weighted by Gasteiger charge is -2.40. The zero-order valence-electron chi connectivity index (χ0n) is 13.9. The number of nitrogens with one attached hydrogen (secondary N) is 1. The van der Waals surface area contributed by atoms with Gasteiger partial charge in [0.05, 0.1) is 6.04 Å². The Morgan fingerprint density at radius 3 is 3.00 bits per heavy atom. The first-order valence-corrected chi connectivity index (χ1v) is 8.91. The zero-order chi connectivity index (χ0) is 15.5. The van der Waals surface area contributed by atoms with E-state index in [-0.39, 0.29) is 6.04 Å². The van der Waals surface area contributed by atoms with Crippen LogP contribution in [0.2, 0.25) is 0 Å². The van der Waals surface area contributed by atoms with Gasteiger partial charge in [-0.3, -0.25) is 9.69 Å². The van der Waals surface area contributed by atoms with Gasteiger partial charge in [0, 0.05) is 23.8 Å². The Kier molecular flexibility index (Phi) is 4.82. The van der Waals surface area contributed by atoms with Crippen LogP contribution in [0.4, 0.5) is 5.69 Å². The lowest BCUT2D eigenvalue weighted by atomic mass is 9.92. The molecule has 120 valence electrons. The SMILES string of the molecule is CCC1CCCCN1C(CC)C(=O)c1ccc2c(c1)CCN2. The maximum Gasteiger partial charge on any atom is 0.179 e. The van der Waals surface area contributed by atoms with Gasteiger partial charge in [-0.25, -0.2) is 0 Å². The third-order valence-electron chi connectivity index (χ3n) is 5.33. The average Bonchev–Trinajstić information content (AvgIpc) is 3.03. The monoisotopic (exact) mass is 300 g/mol. The highest BCUT2D eigenvalue weighted by atomic mass is 16.1. The molecule has 0 aliphatic carbocycles. The first-order valence-electron chi connectivity index (χ1n) is 8.91. The maximum absolute atomic E-state index is 13.1. The fraction of sp³-hybridized carbons (Fsp3) is 0.632. The van der Waals surface area contributed by atoms with Crippen LogP contribution in [-0.4, -0.2) is 35.9 Å². The second-order valence-corrected chi connectivity index (χ2v) is 6.63. The topological polar surface area (TPSA) is 32.3 Å². The molecule has 2 heterocycles. The molecule has 0 amide bonds. The summed E-state index contributed by atoms with van der Waals surface area (Å²) >= 11 is 0. The molecule has 0 saturated carbocycles. The number of hydrogen-bond acceptors (Lipinski definition) is 3. The molecule has 0 bridgehead atoms. The molecule has 2 atom stereocenters. The van der Waals surface area contributed by atoms with Crippen LogP contribution >= 0.6 is 0 Å². The van der Waals surface area contributed by atoms with E-state index in [0.717, 1.165) is 37.9 Å². The van der Waals surface area contributed by atoms with Crippen molar-refractivity contribution in [2.75, 3.05) is 18.4 Å². The van der Waals surface area contributed by atoms with Gasteiger partial charge in [-0.2, -0.15) is 0 Å². The van der Waals surface area contributed by atoms with Crippen molar-refractivity contribution < 1.29 is 4.79 Å². The lowest BCUT2D eigenvalue weighted by Crippen LogP contribution is -2.49. The van der Waals surface area contributed by atoms with E-state index in [1.54, 1.807) is 0 Å². The van der Waals surface area contributed by atoms with Crippen molar-refractivity contribution in [3.8, 4) is 0 Å². The summed E-state index contributed by atoms with van der Waals surface area (Å²) in [5, 5.41) is 3.37. The summed E-state index contributed by atoms with van der Waals surface area (Å²) in [5.41, 5.74) is 3.40. The van der Waals surface area contributed by atoms with Crippen molar-refractivity contribution in [3.05, 3.63) is 29.3 Å². The first-order chi connectivity index (χ1) is 10.7. The van der Waals surface area contributed by atoms with E-state index in [2.05, 4.69) is 36.2 Å². The maximum atomic E-state index is 13.1. The summed E-state index contributed by atoms with van der Waals surface area (Å²) in [7, 11) is 0. The summed E-state index contributed by atoms with van der Waals surface area (Å²) in [4.78, 5) is 15.6. The second kappa shape index (κ2) is 6.82. The first kappa shape index (κ1) is 15.5. The Balaban J connectivity index is 1.81. The number of fused-ring (bicyclic) bond motifs is 1. The molecular weight excluding hydrogens is 272 g/mol. The van der Waals surface area contributed by atoms with Crippen LogP contribution in [0.15, 0.2) is 18.2 Å². The third kappa shape index (κ3) is 2.91. The number of likely N-dealkylation sites (tertiary alicyclic amines) is 1. The fourth-order valence-corrected chi connectivity index (χ4v) is 4.09. The van der Waals surface area contributed by atoms with Crippen LogP contribution < -0.4 is 5.32 Å². The Labute approximate surface area is 134 Å². The number of Topliss-reactive ketones (excluding diaryl/α,β-unsaturated/α-hetero) is 1. The van der Waals surface area contributed by atoms with Crippen molar-refractivity contribution in [1.29, 1.82) is 0 Å². The molecule has 2 aliphatic rings. The molecule has 0 radical (unpaired) electrons. The molecule has 1 aromatic rings.